The molecule has 2 aromatic carbocycles. The summed E-state index contributed by atoms with van der Waals surface area (Å²) in [6.45, 7) is 0. The molecule has 0 saturated heterocycles. The highest BCUT2D eigenvalue weighted by Gasteiger charge is 2.24. The fourth-order valence-corrected chi connectivity index (χ4v) is 1.99. The van der Waals surface area contributed by atoms with E-state index in [9.17, 15) is 22.0 Å². The zero-order chi connectivity index (χ0) is 14.9. The third kappa shape index (κ3) is 2.38. The maximum Gasteiger partial charge on any atom is 0.194 e. The molecule has 0 aromatic heterocycles. The molecule has 0 saturated carbocycles. The average Bonchev–Trinajstić information content (AvgIpc) is 2.44. The maximum atomic E-state index is 13.7. The van der Waals surface area contributed by atoms with Crippen molar-refractivity contribution in [3.63, 3.8) is 0 Å². The molecule has 1 atom stereocenters. The molecule has 0 aliphatic carbocycles. The third-order valence-corrected chi connectivity index (χ3v) is 2.96. The van der Waals surface area contributed by atoms with Crippen LogP contribution in [0.4, 0.5) is 22.0 Å². The number of hydrogen-bond donors (Lipinski definition) is 1. The Bertz CT molecular complexity index is 642. The minimum absolute atomic E-state index is 0.197. The Balaban J connectivity index is 2.59. The van der Waals surface area contributed by atoms with E-state index >= 15 is 0 Å². The van der Waals surface area contributed by atoms with Gasteiger partial charge in [0.25, 0.3) is 0 Å². The lowest BCUT2D eigenvalue weighted by molar-refractivity contribution is 0.431. The zero-order valence-electron chi connectivity index (χ0n) is 10.4. The van der Waals surface area contributed by atoms with Crippen molar-refractivity contribution in [1.82, 2.24) is 5.32 Å². The van der Waals surface area contributed by atoms with E-state index in [4.69, 9.17) is 0 Å². The van der Waals surface area contributed by atoms with Crippen LogP contribution in [-0.2, 0) is 0 Å². The van der Waals surface area contributed by atoms with Gasteiger partial charge in [0, 0.05) is 11.1 Å². The molecule has 1 unspecified atom stereocenters. The van der Waals surface area contributed by atoms with E-state index in [1.807, 2.05) is 0 Å². The smallest absolute Gasteiger partial charge is 0.194 e. The number of benzene rings is 2. The van der Waals surface area contributed by atoms with Gasteiger partial charge in [0.2, 0.25) is 0 Å². The van der Waals surface area contributed by atoms with Gasteiger partial charge in [-0.3, -0.25) is 0 Å². The monoisotopic (exact) mass is 287 g/mol. The Kier molecular flexibility index (Phi) is 4.04. The molecule has 0 aliphatic heterocycles. The Morgan fingerprint density at radius 1 is 0.750 bits per heavy atom. The van der Waals surface area contributed by atoms with Gasteiger partial charge in [0.05, 0.1) is 6.04 Å². The Hall–Kier alpha value is -1.95. The van der Waals surface area contributed by atoms with Gasteiger partial charge >= 0.3 is 0 Å². The molecule has 106 valence electrons. The molecule has 0 radical (unpaired) electrons. The zero-order valence-corrected chi connectivity index (χ0v) is 10.4. The minimum atomic E-state index is -1.65. The summed E-state index contributed by atoms with van der Waals surface area (Å²) < 4.78 is 66.8. The molecule has 1 nitrogen and oxygen atoms in total. The summed E-state index contributed by atoms with van der Waals surface area (Å²) in [5.41, 5.74) is -0.506. The summed E-state index contributed by atoms with van der Waals surface area (Å²) in [5, 5.41) is 2.55. The van der Waals surface area contributed by atoms with Crippen LogP contribution < -0.4 is 5.32 Å². The molecular formula is C14H10F5N. The van der Waals surface area contributed by atoms with Crippen LogP contribution in [0.15, 0.2) is 30.3 Å². The highest BCUT2D eigenvalue weighted by Crippen LogP contribution is 2.29. The van der Waals surface area contributed by atoms with Crippen molar-refractivity contribution < 1.29 is 22.0 Å². The van der Waals surface area contributed by atoms with Gasteiger partial charge in [-0.05, 0) is 19.2 Å². The molecule has 20 heavy (non-hydrogen) atoms. The molecule has 2 rings (SSSR count). The molecule has 0 fully saturated rings. The predicted octanol–water partition coefficient (Wildman–Crippen LogP) is 3.69. The van der Waals surface area contributed by atoms with Gasteiger partial charge in [-0.25, -0.2) is 22.0 Å². The van der Waals surface area contributed by atoms with Crippen LogP contribution in [0, 0.1) is 29.1 Å². The van der Waals surface area contributed by atoms with Crippen LogP contribution in [0.2, 0.25) is 0 Å². The molecule has 0 aliphatic rings. The van der Waals surface area contributed by atoms with E-state index in [-0.39, 0.29) is 11.1 Å². The summed E-state index contributed by atoms with van der Waals surface area (Å²) in [6.07, 6.45) is 0. The molecule has 0 heterocycles. The van der Waals surface area contributed by atoms with Crippen molar-refractivity contribution in [3.05, 3.63) is 70.5 Å². The van der Waals surface area contributed by atoms with Crippen LogP contribution in [0.5, 0.6) is 0 Å². The summed E-state index contributed by atoms with van der Waals surface area (Å²) in [4.78, 5) is 0. The highest BCUT2D eigenvalue weighted by atomic mass is 19.2. The first kappa shape index (κ1) is 14.5. The van der Waals surface area contributed by atoms with E-state index in [1.54, 1.807) is 0 Å². The van der Waals surface area contributed by atoms with Crippen LogP contribution >= 0.6 is 0 Å². The second kappa shape index (κ2) is 5.58. The topological polar surface area (TPSA) is 12.0 Å². The predicted molar refractivity (Wildman–Crippen MR) is 63.6 cm³/mol. The largest absolute Gasteiger partial charge is 0.309 e. The van der Waals surface area contributed by atoms with Gasteiger partial charge in [-0.1, -0.05) is 18.2 Å². The summed E-state index contributed by atoms with van der Waals surface area (Å²) in [5.74, 6) is -6.71. The van der Waals surface area contributed by atoms with E-state index < -0.39 is 35.1 Å². The van der Waals surface area contributed by atoms with Gasteiger partial charge in [-0.15, -0.1) is 0 Å². The number of hydrogen-bond acceptors (Lipinski definition) is 1. The molecule has 0 amide bonds. The Labute approximate surface area is 112 Å². The maximum absolute atomic E-state index is 13.7. The van der Waals surface area contributed by atoms with E-state index in [0.717, 1.165) is 18.2 Å². The molecule has 0 bridgehead atoms. The first-order chi connectivity index (χ1) is 9.47. The minimum Gasteiger partial charge on any atom is -0.309 e. The second-order valence-corrected chi connectivity index (χ2v) is 4.13. The standard InChI is InChI=1S/C14H10F5N/c1-20-14(7-3-2-4-9(15)11(7)17)8-5-6-10(16)13(19)12(8)18/h2-6,14,20H,1H3. The quantitative estimate of drug-likeness (QED) is 0.670. The third-order valence-electron chi connectivity index (χ3n) is 2.96. The number of nitrogens with one attached hydrogen (secondary N) is 1. The van der Waals surface area contributed by atoms with Gasteiger partial charge < -0.3 is 5.32 Å². The van der Waals surface area contributed by atoms with Gasteiger partial charge in [-0.2, -0.15) is 0 Å². The van der Waals surface area contributed by atoms with Crippen molar-refractivity contribution in [2.75, 3.05) is 7.05 Å². The summed E-state index contributed by atoms with van der Waals surface area (Å²) in [7, 11) is 1.37. The van der Waals surface area contributed by atoms with Crippen LogP contribution in [-0.4, -0.2) is 7.05 Å². The van der Waals surface area contributed by atoms with Crippen molar-refractivity contribution >= 4 is 0 Å². The fraction of sp³-hybridized carbons (Fsp3) is 0.143. The van der Waals surface area contributed by atoms with E-state index in [1.165, 1.54) is 19.2 Å². The van der Waals surface area contributed by atoms with Gasteiger partial charge in [0.1, 0.15) is 0 Å². The normalized spacial score (nSPS) is 12.5. The average molecular weight is 287 g/mol. The van der Waals surface area contributed by atoms with Crippen LogP contribution in [0.25, 0.3) is 0 Å². The van der Waals surface area contributed by atoms with Crippen molar-refractivity contribution in [2.45, 2.75) is 6.04 Å². The lowest BCUT2D eigenvalue weighted by Gasteiger charge is -2.19. The number of halogens is 5. The van der Waals surface area contributed by atoms with Crippen molar-refractivity contribution in [2.24, 2.45) is 0 Å². The highest BCUT2D eigenvalue weighted by molar-refractivity contribution is 5.34. The lowest BCUT2D eigenvalue weighted by atomic mass is 9.97. The van der Waals surface area contributed by atoms with E-state index in [0.29, 0.717) is 0 Å². The van der Waals surface area contributed by atoms with Crippen molar-refractivity contribution in [1.29, 1.82) is 0 Å². The van der Waals surface area contributed by atoms with Crippen molar-refractivity contribution in [3.8, 4) is 0 Å². The lowest BCUT2D eigenvalue weighted by Crippen LogP contribution is -2.21. The number of rotatable bonds is 3. The molecule has 0 spiro atoms. The molecule has 1 N–H and O–H groups in total. The first-order valence-electron chi connectivity index (χ1n) is 5.72. The molecule has 2 aromatic rings. The Morgan fingerprint density at radius 3 is 2.00 bits per heavy atom. The first-order valence-corrected chi connectivity index (χ1v) is 5.72. The molecule has 6 heteroatoms. The summed E-state index contributed by atoms with van der Waals surface area (Å²) >= 11 is 0. The SMILES string of the molecule is CNC(c1cccc(F)c1F)c1ccc(F)c(F)c1F. The van der Waals surface area contributed by atoms with Crippen LogP contribution in [0.3, 0.4) is 0 Å². The second-order valence-electron chi connectivity index (χ2n) is 4.13. The van der Waals surface area contributed by atoms with Crippen LogP contribution in [0.1, 0.15) is 17.2 Å². The summed E-state index contributed by atoms with van der Waals surface area (Å²) in [6, 6.07) is 3.97. The van der Waals surface area contributed by atoms with E-state index in [2.05, 4.69) is 5.32 Å². The molecular weight excluding hydrogens is 277 g/mol. The Morgan fingerprint density at radius 2 is 1.35 bits per heavy atom. The fourth-order valence-electron chi connectivity index (χ4n) is 1.99. The van der Waals surface area contributed by atoms with Gasteiger partial charge in [0.15, 0.2) is 29.1 Å².